The third-order valence-electron chi connectivity index (χ3n) is 3.08. The predicted molar refractivity (Wildman–Crippen MR) is 68.0 cm³/mol. The largest absolute Gasteiger partial charge is 0.450 e. The molecule has 1 saturated heterocycles. The molecule has 1 unspecified atom stereocenters. The smallest absolute Gasteiger partial charge is 0.409 e. The van der Waals surface area contributed by atoms with E-state index in [0.717, 1.165) is 0 Å². The Kier molecular flexibility index (Phi) is 5.91. The van der Waals surface area contributed by atoms with E-state index in [1.807, 2.05) is 6.92 Å². The molecule has 1 fully saturated rings. The van der Waals surface area contributed by atoms with Crippen molar-refractivity contribution in [2.75, 3.05) is 39.3 Å². The standard InChI is InChI=1S/C12H23N3O3/c1-3-18-12(17)15-6-4-14(5-7-15)11(16)8-10(2)9-13/h10H,3-9,13H2,1-2H3. The minimum atomic E-state index is -0.292. The van der Waals surface area contributed by atoms with Crippen molar-refractivity contribution < 1.29 is 14.3 Å². The first-order valence-electron chi connectivity index (χ1n) is 6.48. The van der Waals surface area contributed by atoms with Gasteiger partial charge < -0.3 is 20.3 Å². The van der Waals surface area contributed by atoms with E-state index in [-0.39, 0.29) is 17.9 Å². The summed E-state index contributed by atoms with van der Waals surface area (Å²) in [6, 6.07) is 0. The highest BCUT2D eigenvalue weighted by Gasteiger charge is 2.25. The molecule has 1 heterocycles. The zero-order valence-corrected chi connectivity index (χ0v) is 11.2. The number of piperazine rings is 1. The lowest BCUT2D eigenvalue weighted by atomic mass is 10.1. The maximum atomic E-state index is 11.9. The Morgan fingerprint density at radius 1 is 1.22 bits per heavy atom. The quantitative estimate of drug-likeness (QED) is 0.784. The fourth-order valence-electron chi connectivity index (χ4n) is 1.86. The van der Waals surface area contributed by atoms with Crippen LogP contribution in [0.1, 0.15) is 20.3 Å². The van der Waals surface area contributed by atoms with Crippen molar-refractivity contribution in [3.8, 4) is 0 Å². The van der Waals surface area contributed by atoms with E-state index in [0.29, 0.717) is 45.8 Å². The van der Waals surface area contributed by atoms with E-state index in [1.165, 1.54) is 0 Å². The minimum absolute atomic E-state index is 0.122. The highest BCUT2D eigenvalue weighted by molar-refractivity contribution is 5.77. The lowest BCUT2D eigenvalue weighted by Crippen LogP contribution is -2.51. The van der Waals surface area contributed by atoms with E-state index in [9.17, 15) is 9.59 Å². The van der Waals surface area contributed by atoms with E-state index in [2.05, 4.69) is 0 Å². The van der Waals surface area contributed by atoms with Crippen molar-refractivity contribution in [2.45, 2.75) is 20.3 Å². The Balaban J connectivity index is 2.34. The van der Waals surface area contributed by atoms with Gasteiger partial charge in [0.05, 0.1) is 6.61 Å². The van der Waals surface area contributed by atoms with Crippen molar-refractivity contribution in [1.82, 2.24) is 9.80 Å². The molecular formula is C12H23N3O3. The van der Waals surface area contributed by atoms with Crippen LogP contribution in [0.2, 0.25) is 0 Å². The molecule has 1 rings (SSSR count). The maximum absolute atomic E-state index is 11.9. The van der Waals surface area contributed by atoms with E-state index in [4.69, 9.17) is 10.5 Å². The molecular weight excluding hydrogens is 234 g/mol. The molecule has 0 aromatic heterocycles. The SMILES string of the molecule is CCOC(=O)N1CCN(C(=O)CC(C)CN)CC1. The molecule has 1 atom stereocenters. The Hall–Kier alpha value is -1.30. The molecule has 0 aromatic carbocycles. The number of carbonyl (C=O) groups excluding carboxylic acids is 2. The van der Waals surface area contributed by atoms with Crippen molar-refractivity contribution in [2.24, 2.45) is 11.7 Å². The second-order valence-corrected chi connectivity index (χ2v) is 4.61. The van der Waals surface area contributed by atoms with Crippen molar-refractivity contribution in [3.63, 3.8) is 0 Å². The fraction of sp³-hybridized carbons (Fsp3) is 0.833. The molecule has 2 N–H and O–H groups in total. The lowest BCUT2D eigenvalue weighted by molar-refractivity contribution is -0.133. The van der Waals surface area contributed by atoms with Gasteiger partial charge in [-0.1, -0.05) is 6.92 Å². The summed E-state index contributed by atoms with van der Waals surface area (Å²) < 4.78 is 4.93. The Bertz CT molecular complexity index is 288. The zero-order valence-electron chi connectivity index (χ0n) is 11.2. The highest BCUT2D eigenvalue weighted by Crippen LogP contribution is 2.08. The van der Waals surface area contributed by atoms with Gasteiger partial charge in [0.25, 0.3) is 0 Å². The summed E-state index contributed by atoms with van der Waals surface area (Å²) in [4.78, 5) is 26.8. The first-order chi connectivity index (χ1) is 8.58. The van der Waals surface area contributed by atoms with Crippen LogP contribution in [0, 0.1) is 5.92 Å². The summed E-state index contributed by atoms with van der Waals surface area (Å²) in [5.74, 6) is 0.331. The van der Waals surface area contributed by atoms with Crippen LogP contribution in [0.3, 0.4) is 0 Å². The first kappa shape index (κ1) is 14.8. The number of hydrogen-bond donors (Lipinski definition) is 1. The third-order valence-corrected chi connectivity index (χ3v) is 3.08. The summed E-state index contributed by atoms with van der Waals surface area (Å²) in [6.45, 7) is 6.90. The first-order valence-corrected chi connectivity index (χ1v) is 6.48. The molecule has 104 valence electrons. The number of rotatable bonds is 4. The van der Waals surface area contributed by atoms with Gasteiger partial charge in [-0.2, -0.15) is 0 Å². The molecule has 0 bridgehead atoms. The number of ether oxygens (including phenoxy) is 1. The summed E-state index contributed by atoms with van der Waals surface area (Å²) >= 11 is 0. The summed E-state index contributed by atoms with van der Waals surface area (Å²) in [6.07, 6.45) is 0.190. The van der Waals surface area contributed by atoms with Gasteiger partial charge in [0.1, 0.15) is 0 Å². The van der Waals surface area contributed by atoms with Crippen LogP contribution in [-0.2, 0) is 9.53 Å². The van der Waals surface area contributed by atoms with E-state index in [1.54, 1.807) is 16.7 Å². The van der Waals surface area contributed by atoms with Gasteiger partial charge >= 0.3 is 6.09 Å². The van der Waals surface area contributed by atoms with Gasteiger partial charge in [0.2, 0.25) is 5.91 Å². The molecule has 18 heavy (non-hydrogen) atoms. The molecule has 2 amide bonds. The molecule has 0 spiro atoms. The minimum Gasteiger partial charge on any atom is -0.450 e. The molecule has 0 aromatic rings. The van der Waals surface area contributed by atoms with Gasteiger partial charge in [-0.3, -0.25) is 4.79 Å². The fourth-order valence-corrected chi connectivity index (χ4v) is 1.86. The number of nitrogens with two attached hydrogens (primary N) is 1. The second kappa shape index (κ2) is 7.20. The third kappa shape index (κ3) is 4.18. The summed E-state index contributed by atoms with van der Waals surface area (Å²) in [7, 11) is 0. The molecule has 0 aliphatic carbocycles. The average Bonchev–Trinajstić information content (AvgIpc) is 2.39. The van der Waals surface area contributed by atoms with Crippen LogP contribution >= 0.6 is 0 Å². The second-order valence-electron chi connectivity index (χ2n) is 4.61. The molecule has 0 saturated carbocycles. The Labute approximate surface area is 108 Å². The topological polar surface area (TPSA) is 75.9 Å². The van der Waals surface area contributed by atoms with E-state index >= 15 is 0 Å². The van der Waals surface area contributed by atoms with Crippen molar-refractivity contribution in [1.29, 1.82) is 0 Å². The number of carbonyl (C=O) groups is 2. The lowest BCUT2D eigenvalue weighted by Gasteiger charge is -2.34. The molecule has 1 aliphatic rings. The average molecular weight is 257 g/mol. The maximum Gasteiger partial charge on any atom is 0.409 e. The van der Waals surface area contributed by atoms with Crippen LogP contribution in [0.5, 0.6) is 0 Å². The van der Waals surface area contributed by atoms with Crippen LogP contribution in [0.25, 0.3) is 0 Å². The summed E-state index contributed by atoms with van der Waals surface area (Å²) in [5, 5.41) is 0. The molecule has 1 aliphatic heterocycles. The van der Waals surface area contributed by atoms with Crippen molar-refractivity contribution in [3.05, 3.63) is 0 Å². The van der Waals surface area contributed by atoms with Crippen LogP contribution in [-0.4, -0.2) is 61.1 Å². The monoisotopic (exact) mass is 257 g/mol. The van der Waals surface area contributed by atoms with Gasteiger partial charge in [-0.25, -0.2) is 4.79 Å². The van der Waals surface area contributed by atoms with Crippen LogP contribution < -0.4 is 5.73 Å². The Morgan fingerprint density at radius 3 is 2.28 bits per heavy atom. The van der Waals surface area contributed by atoms with Gasteiger partial charge in [-0.05, 0) is 19.4 Å². The van der Waals surface area contributed by atoms with Crippen molar-refractivity contribution >= 4 is 12.0 Å². The van der Waals surface area contributed by atoms with E-state index < -0.39 is 0 Å². The normalized spacial score (nSPS) is 17.5. The van der Waals surface area contributed by atoms with Gasteiger partial charge in [-0.15, -0.1) is 0 Å². The van der Waals surface area contributed by atoms with Gasteiger partial charge in [0, 0.05) is 32.6 Å². The van der Waals surface area contributed by atoms with Crippen LogP contribution in [0.4, 0.5) is 4.79 Å². The Morgan fingerprint density at radius 2 is 1.78 bits per heavy atom. The number of nitrogens with zero attached hydrogens (tertiary/aromatic N) is 2. The number of amides is 2. The van der Waals surface area contributed by atoms with Crippen LogP contribution in [0.15, 0.2) is 0 Å². The van der Waals surface area contributed by atoms with Gasteiger partial charge in [0.15, 0.2) is 0 Å². The molecule has 0 radical (unpaired) electrons. The number of hydrogen-bond acceptors (Lipinski definition) is 4. The molecule has 6 heteroatoms. The summed E-state index contributed by atoms with van der Waals surface area (Å²) in [5.41, 5.74) is 5.50. The zero-order chi connectivity index (χ0) is 13.5. The predicted octanol–water partition coefficient (Wildman–Crippen LogP) is 0.272. The molecule has 6 nitrogen and oxygen atoms in total. The highest BCUT2D eigenvalue weighted by atomic mass is 16.6.